The van der Waals surface area contributed by atoms with Crippen LogP contribution in [0, 0.1) is 11.8 Å². The van der Waals surface area contributed by atoms with Crippen molar-refractivity contribution in [3.63, 3.8) is 0 Å². The second kappa shape index (κ2) is 8.44. The van der Waals surface area contributed by atoms with E-state index in [-0.39, 0.29) is 18.1 Å². The molecular formula is C24H25N7O. The summed E-state index contributed by atoms with van der Waals surface area (Å²) >= 11 is 0. The molecule has 4 aromatic rings. The van der Waals surface area contributed by atoms with Crippen molar-refractivity contribution in [3.05, 3.63) is 58.8 Å². The second-order valence-corrected chi connectivity index (χ2v) is 8.09. The molecule has 1 atom stereocenters. The Morgan fingerprint density at radius 2 is 2.12 bits per heavy atom. The fourth-order valence-electron chi connectivity index (χ4n) is 4.38. The number of hydrogen-bond acceptors (Lipinski definition) is 6. The molecule has 0 radical (unpaired) electrons. The number of anilines is 1. The lowest BCUT2D eigenvalue weighted by molar-refractivity contribution is 0.496. The standard InChI is InChI=1S/C24H25N7O/c1-2-3-13-30-22-20(28-24(30)29-12-6-8-18(25)15-29)14-27-31(23(22)32)16-21-19-9-5-4-7-17(19)10-11-26-21/h4-5,7,9-11,14,18H,6,8,12-13,15-16,25H2,1H3. The fourth-order valence-corrected chi connectivity index (χ4v) is 4.38. The van der Waals surface area contributed by atoms with Crippen LogP contribution in [-0.4, -0.2) is 43.4 Å². The van der Waals surface area contributed by atoms with Crippen LogP contribution in [0.1, 0.15) is 25.5 Å². The summed E-state index contributed by atoms with van der Waals surface area (Å²) < 4.78 is 3.36. The van der Waals surface area contributed by atoms with E-state index in [1.54, 1.807) is 19.3 Å². The van der Waals surface area contributed by atoms with Crippen molar-refractivity contribution >= 4 is 27.8 Å². The van der Waals surface area contributed by atoms with E-state index in [0.29, 0.717) is 24.1 Å². The zero-order valence-electron chi connectivity index (χ0n) is 18.0. The van der Waals surface area contributed by atoms with E-state index in [2.05, 4.69) is 26.8 Å². The average Bonchev–Trinajstić information content (AvgIpc) is 3.19. The minimum absolute atomic E-state index is 0.0986. The summed E-state index contributed by atoms with van der Waals surface area (Å²) in [7, 11) is 0. The molecule has 4 heterocycles. The van der Waals surface area contributed by atoms with Crippen molar-refractivity contribution in [2.24, 2.45) is 5.73 Å². The Hall–Kier alpha value is -3.70. The predicted octanol–water partition coefficient (Wildman–Crippen LogP) is 2.14. The van der Waals surface area contributed by atoms with E-state index in [9.17, 15) is 4.79 Å². The Morgan fingerprint density at radius 3 is 2.97 bits per heavy atom. The molecule has 8 heteroatoms. The van der Waals surface area contributed by atoms with Crippen LogP contribution in [-0.2, 0) is 13.1 Å². The third kappa shape index (κ3) is 3.61. The van der Waals surface area contributed by atoms with Gasteiger partial charge in [-0.2, -0.15) is 5.10 Å². The quantitative estimate of drug-likeness (QED) is 0.502. The van der Waals surface area contributed by atoms with Crippen molar-refractivity contribution in [1.82, 2.24) is 24.3 Å². The van der Waals surface area contributed by atoms with E-state index >= 15 is 0 Å². The maximum absolute atomic E-state index is 13.5. The number of nitrogens with two attached hydrogens (primary N) is 1. The molecule has 32 heavy (non-hydrogen) atoms. The van der Waals surface area contributed by atoms with Gasteiger partial charge in [-0.15, -0.1) is 5.92 Å². The summed E-state index contributed by atoms with van der Waals surface area (Å²) in [5, 5.41) is 6.51. The fraction of sp³-hybridized carbons (Fsp3) is 0.333. The van der Waals surface area contributed by atoms with Gasteiger partial charge in [0.2, 0.25) is 5.95 Å². The Balaban J connectivity index is 1.62. The largest absolute Gasteiger partial charge is 0.341 e. The van der Waals surface area contributed by atoms with Gasteiger partial charge in [-0.05, 0) is 31.2 Å². The topological polar surface area (TPSA) is 94.9 Å². The summed E-state index contributed by atoms with van der Waals surface area (Å²) in [5.41, 5.74) is 7.89. The van der Waals surface area contributed by atoms with Crippen molar-refractivity contribution in [2.45, 2.75) is 38.9 Å². The highest BCUT2D eigenvalue weighted by atomic mass is 16.1. The van der Waals surface area contributed by atoms with Gasteiger partial charge >= 0.3 is 0 Å². The van der Waals surface area contributed by atoms with Crippen LogP contribution in [0.4, 0.5) is 5.95 Å². The molecule has 2 N–H and O–H groups in total. The summed E-state index contributed by atoms with van der Waals surface area (Å²) in [6, 6.07) is 10.1. The van der Waals surface area contributed by atoms with E-state index in [0.717, 1.165) is 41.8 Å². The molecule has 1 saturated heterocycles. The molecule has 3 aromatic heterocycles. The molecule has 0 bridgehead atoms. The first-order valence-corrected chi connectivity index (χ1v) is 10.8. The van der Waals surface area contributed by atoms with Gasteiger partial charge in [0.25, 0.3) is 5.56 Å². The normalized spacial score (nSPS) is 16.3. The first-order valence-electron chi connectivity index (χ1n) is 10.8. The summed E-state index contributed by atoms with van der Waals surface area (Å²) in [4.78, 5) is 25.0. The number of hydrogen-bond donors (Lipinski definition) is 1. The van der Waals surface area contributed by atoms with E-state index in [1.165, 1.54) is 4.68 Å². The molecule has 0 saturated carbocycles. The maximum atomic E-state index is 13.5. The first kappa shape index (κ1) is 20.2. The lowest BCUT2D eigenvalue weighted by Crippen LogP contribution is -2.44. The summed E-state index contributed by atoms with van der Waals surface area (Å²) in [5.74, 6) is 6.75. The number of fused-ring (bicyclic) bond motifs is 2. The van der Waals surface area contributed by atoms with E-state index in [4.69, 9.17) is 10.7 Å². The summed E-state index contributed by atoms with van der Waals surface area (Å²) in [6.45, 7) is 4.04. The summed E-state index contributed by atoms with van der Waals surface area (Å²) in [6.07, 6.45) is 5.42. The monoisotopic (exact) mass is 427 g/mol. The van der Waals surface area contributed by atoms with Crippen molar-refractivity contribution < 1.29 is 0 Å². The first-order chi connectivity index (χ1) is 15.7. The lowest BCUT2D eigenvalue weighted by Gasteiger charge is -2.31. The molecule has 1 aliphatic rings. The molecule has 5 rings (SSSR count). The number of piperidine rings is 1. The minimum Gasteiger partial charge on any atom is -0.341 e. The van der Waals surface area contributed by atoms with Gasteiger partial charge in [0.05, 0.1) is 25.0 Å². The highest BCUT2D eigenvalue weighted by Gasteiger charge is 2.24. The molecular weight excluding hydrogens is 402 g/mol. The molecule has 162 valence electrons. The van der Waals surface area contributed by atoms with Gasteiger partial charge in [0.1, 0.15) is 11.0 Å². The molecule has 0 amide bonds. The van der Waals surface area contributed by atoms with Crippen LogP contribution in [0.2, 0.25) is 0 Å². The smallest absolute Gasteiger partial charge is 0.293 e. The highest BCUT2D eigenvalue weighted by molar-refractivity contribution is 5.84. The highest BCUT2D eigenvalue weighted by Crippen LogP contribution is 2.23. The van der Waals surface area contributed by atoms with Crippen molar-refractivity contribution in [2.75, 3.05) is 18.0 Å². The minimum atomic E-state index is -0.199. The number of rotatable bonds is 4. The Morgan fingerprint density at radius 1 is 1.25 bits per heavy atom. The van der Waals surface area contributed by atoms with Crippen LogP contribution in [0.5, 0.6) is 0 Å². The molecule has 0 aliphatic carbocycles. The van der Waals surface area contributed by atoms with Crippen LogP contribution in [0.25, 0.3) is 21.8 Å². The average molecular weight is 428 g/mol. The molecule has 1 aromatic carbocycles. The molecule has 8 nitrogen and oxygen atoms in total. The Labute approximate surface area is 185 Å². The van der Waals surface area contributed by atoms with Crippen molar-refractivity contribution in [3.8, 4) is 11.8 Å². The van der Waals surface area contributed by atoms with E-state index < -0.39 is 0 Å². The third-order valence-corrected chi connectivity index (χ3v) is 5.94. The van der Waals surface area contributed by atoms with Crippen LogP contribution in [0.15, 0.2) is 47.5 Å². The number of aromatic nitrogens is 5. The van der Waals surface area contributed by atoms with Crippen LogP contribution < -0.4 is 16.2 Å². The molecule has 1 unspecified atom stereocenters. The maximum Gasteiger partial charge on any atom is 0.293 e. The van der Waals surface area contributed by atoms with E-state index in [1.807, 2.05) is 34.9 Å². The zero-order valence-corrected chi connectivity index (χ0v) is 18.0. The van der Waals surface area contributed by atoms with Crippen LogP contribution >= 0.6 is 0 Å². The Kier molecular flexibility index (Phi) is 5.33. The zero-order chi connectivity index (χ0) is 22.1. The van der Waals surface area contributed by atoms with Gasteiger partial charge in [-0.25, -0.2) is 9.67 Å². The van der Waals surface area contributed by atoms with Crippen LogP contribution in [0.3, 0.4) is 0 Å². The third-order valence-electron chi connectivity index (χ3n) is 5.94. The molecule has 0 spiro atoms. The van der Waals surface area contributed by atoms with Gasteiger partial charge in [0, 0.05) is 30.7 Å². The molecule has 1 fully saturated rings. The van der Waals surface area contributed by atoms with Gasteiger partial charge in [-0.1, -0.05) is 30.2 Å². The second-order valence-electron chi connectivity index (χ2n) is 8.09. The van der Waals surface area contributed by atoms with Gasteiger partial charge in [0.15, 0.2) is 0 Å². The Bertz CT molecular complexity index is 1400. The molecule has 1 aliphatic heterocycles. The van der Waals surface area contributed by atoms with Gasteiger partial charge in [-0.3, -0.25) is 14.3 Å². The SMILES string of the molecule is CC#CCn1c(N2CCCC(N)C2)nc2cnn(Cc3nccc4ccccc34)c(=O)c21. The lowest BCUT2D eigenvalue weighted by atomic mass is 10.1. The number of benzene rings is 1. The number of imidazole rings is 1. The predicted molar refractivity (Wildman–Crippen MR) is 126 cm³/mol. The van der Waals surface area contributed by atoms with Crippen molar-refractivity contribution in [1.29, 1.82) is 0 Å². The number of nitrogens with zero attached hydrogens (tertiary/aromatic N) is 6. The number of pyridine rings is 1. The van der Waals surface area contributed by atoms with Gasteiger partial charge < -0.3 is 10.6 Å².